The first-order valence-corrected chi connectivity index (χ1v) is 5.31. The van der Waals surface area contributed by atoms with Gasteiger partial charge < -0.3 is 10.6 Å². The summed E-state index contributed by atoms with van der Waals surface area (Å²) in [4.78, 5) is 10.3. The Balaban J connectivity index is 2.18. The molecule has 0 atom stereocenters. The number of nitrogens with two attached hydrogens (primary N) is 1. The third-order valence-corrected chi connectivity index (χ3v) is 2.67. The predicted octanol–water partition coefficient (Wildman–Crippen LogP) is 1.67. The van der Waals surface area contributed by atoms with E-state index in [0.29, 0.717) is 11.4 Å². The SMILES string of the molecule is CC1(C)CN(c2cc(Br)nc(N)n2)C1. The number of anilines is 2. The van der Waals surface area contributed by atoms with E-state index in [2.05, 4.69) is 44.6 Å². The van der Waals surface area contributed by atoms with Crippen molar-refractivity contribution >= 4 is 27.7 Å². The fourth-order valence-electron chi connectivity index (χ4n) is 1.73. The smallest absolute Gasteiger partial charge is 0.223 e. The van der Waals surface area contributed by atoms with Crippen molar-refractivity contribution in [3.8, 4) is 0 Å². The van der Waals surface area contributed by atoms with Crippen molar-refractivity contribution in [3.63, 3.8) is 0 Å². The van der Waals surface area contributed by atoms with Crippen molar-refractivity contribution in [2.24, 2.45) is 5.41 Å². The first-order valence-electron chi connectivity index (χ1n) is 4.51. The van der Waals surface area contributed by atoms with Crippen molar-refractivity contribution in [1.82, 2.24) is 9.97 Å². The number of hydrogen-bond donors (Lipinski definition) is 1. The van der Waals surface area contributed by atoms with Gasteiger partial charge in [-0.15, -0.1) is 0 Å². The molecule has 0 spiro atoms. The molecule has 0 saturated carbocycles. The fourth-order valence-corrected chi connectivity index (χ4v) is 2.12. The summed E-state index contributed by atoms with van der Waals surface area (Å²) in [5.74, 6) is 1.22. The summed E-state index contributed by atoms with van der Waals surface area (Å²) in [6.45, 7) is 6.53. The van der Waals surface area contributed by atoms with Crippen molar-refractivity contribution in [3.05, 3.63) is 10.7 Å². The minimum atomic E-state index is 0.319. The number of hydrogen-bond acceptors (Lipinski definition) is 4. The molecule has 0 aromatic carbocycles. The maximum absolute atomic E-state index is 5.56. The molecule has 1 aliphatic rings. The molecule has 76 valence electrons. The summed E-state index contributed by atoms with van der Waals surface area (Å²) < 4.78 is 0.740. The zero-order valence-electron chi connectivity index (χ0n) is 8.29. The largest absolute Gasteiger partial charge is 0.368 e. The molecule has 0 aliphatic carbocycles. The molecule has 0 radical (unpaired) electrons. The third kappa shape index (κ3) is 1.82. The second-order valence-electron chi connectivity index (χ2n) is 4.43. The molecule has 1 aromatic rings. The predicted molar refractivity (Wildman–Crippen MR) is 60.1 cm³/mol. The van der Waals surface area contributed by atoms with Gasteiger partial charge >= 0.3 is 0 Å². The first kappa shape index (κ1) is 9.71. The average molecular weight is 257 g/mol. The van der Waals surface area contributed by atoms with Gasteiger partial charge in [-0.05, 0) is 21.3 Å². The van der Waals surface area contributed by atoms with E-state index < -0.39 is 0 Å². The molecule has 1 aromatic heterocycles. The van der Waals surface area contributed by atoms with Crippen molar-refractivity contribution in [1.29, 1.82) is 0 Å². The van der Waals surface area contributed by atoms with Gasteiger partial charge in [0.2, 0.25) is 5.95 Å². The van der Waals surface area contributed by atoms with Gasteiger partial charge in [0.15, 0.2) is 0 Å². The Bertz CT molecular complexity index is 336. The lowest BCUT2D eigenvalue weighted by molar-refractivity contribution is 0.274. The molecule has 1 saturated heterocycles. The average Bonchev–Trinajstić information content (AvgIpc) is 1.97. The summed E-state index contributed by atoms with van der Waals surface area (Å²) in [5.41, 5.74) is 5.96. The maximum atomic E-state index is 5.56. The van der Waals surface area contributed by atoms with E-state index in [0.717, 1.165) is 23.5 Å². The van der Waals surface area contributed by atoms with Crippen LogP contribution in [0, 0.1) is 5.41 Å². The van der Waals surface area contributed by atoms with Gasteiger partial charge in [-0.25, -0.2) is 4.98 Å². The molecular weight excluding hydrogens is 244 g/mol. The number of aromatic nitrogens is 2. The van der Waals surface area contributed by atoms with Gasteiger partial charge in [0.1, 0.15) is 10.4 Å². The molecule has 2 heterocycles. The van der Waals surface area contributed by atoms with Crippen LogP contribution in [0.3, 0.4) is 0 Å². The molecular formula is C9H13BrN4. The van der Waals surface area contributed by atoms with E-state index in [4.69, 9.17) is 5.73 Å². The molecule has 5 heteroatoms. The lowest BCUT2D eigenvalue weighted by Crippen LogP contribution is -2.53. The van der Waals surface area contributed by atoms with Gasteiger partial charge in [-0.2, -0.15) is 4.98 Å². The van der Waals surface area contributed by atoms with Crippen LogP contribution in [0.15, 0.2) is 10.7 Å². The minimum absolute atomic E-state index is 0.319. The number of nitrogens with zero attached hydrogens (tertiary/aromatic N) is 3. The van der Waals surface area contributed by atoms with Crippen LogP contribution in [-0.2, 0) is 0 Å². The Hall–Kier alpha value is -0.840. The quantitative estimate of drug-likeness (QED) is 0.777. The Morgan fingerprint density at radius 1 is 1.43 bits per heavy atom. The second kappa shape index (κ2) is 3.08. The summed E-state index contributed by atoms with van der Waals surface area (Å²) in [5, 5.41) is 0. The highest BCUT2D eigenvalue weighted by atomic mass is 79.9. The zero-order chi connectivity index (χ0) is 10.3. The molecule has 14 heavy (non-hydrogen) atoms. The van der Waals surface area contributed by atoms with E-state index >= 15 is 0 Å². The Kier molecular flexibility index (Phi) is 2.14. The van der Waals surface area contributed by atoms with Crippen molar-refractivity contribution < 1.29 is 0 Å². The molecule has 2 rings (SSSR count). The van der Waals surface area contributed by atoms with Crippen LogP contribution in [-0.4, -0.2) is 23.1 Å². The summed E-state index contributed by atoms with van der Waals surface area (Å²) in [6.07, 6.45) is 0. The Morgan fingerprint density at radius 2 is 2.07 bits per heavy atom. The fraction of sp³-hybridized carbons (Fsp3) is 0.556. The molecule has 1 aliphatic heterocycles. The van der Waals surface area contributed by atoms with Gasteiger partial charge in [0.05, 0.1) is 0 Å². The van der Waals surface area contributed by atoms with Crippen LogP contribution in [0.25, 0.3) is 0 Å². The molecule has 0 unspecified atom stereocenters. The molecule has 1 fully saturated rings. The summed E-state index contributed by atoms with van der Waals surface area (Å²) >= 11 is 3.31. The molecule has 0 amide bonds. The number of halogens is 1. The highest BCUT2D eigenvalue weighted by Gasteiger charge is 2.35. The standard InChI is InChI=1S/C9H13BrN4/c1-9(2)4-14(5-9)7-3-6(10)12-8(11)13-7/h3H,4-5H2,1-2H3,(H2,11,12,13). The van der Waals surface area contributed by atoms with Gasteiger partial charge in [0, 0.05) is 19.2 Å². The zero-order valence-corrected chi connectivity index (χ0v) is 9.87. The normalized spacial score (nSPS) is 19.2. The molecule has 0 bridgehead atoms. The number of rotatable bonds is 1. The van der Waals surface area contributed by atoms with E-state index in [1.54, 1.807) is 0 Å². The summed E-state index contributed by atoms with van der Waals surface area (Å²) in [6, 6.07) is 1.89. The van der Waals surface area contributed by atoms with Crippen LogP contribution in [0.2, 0.25) is 0 Å². The third-order valence-electron chi connectivity index (χ3n) is 2.26. The monoisotopic (exact) mass is 256 g/mol. The number of nitrogen functional groups attached to an aromatic ring is 1. The van der Waals surface area contributed by atoms with Gasteiger partial charge in [-0.3, -0.25) is 0 Å². The van der Waals surface area contributed by atoms with Crippen molar-refractivity contribution in [2.45, 2.75) is 13.8 Å². The van der Waals surface area contributed by atoms with Crippen LogP contribution < -0.4 is 10.6 Å². The van der Waals surface area contributed by atoms with E-state index in [9.17, 15) is 0 Å². The second-order valence-corrected chi connectivity index (χ2v) is 5.24. The van der Waals surface area contributed by atoms with Gasteiger partial charge in [0.25, 0.3) is 0 Å². The highest BCUT2D eigenvalue weighted by Crippen LogP contribution is 2.33. The first-order chi connectivity index (χ1) is 6.46. The van der Waals surface area contributed by atoms with Crippen LogP contribution >= 0.6 is 15.9 Å². The van der Waals surface area contributed by atoms with Crippen LogP contribution in [0.4, 0.5) is 11.8 Å². The van der Waals surface area contributed by atoms with E-state index in [1.807, 2.05) is 6.07 Å². The van der Waals surface area contributed by atoms with Crippen molar-refractivity contribution in [2.75, 3.05) is 23.7 Å². The van der Waals surface area contributed by atoms with E-state index in [-0.39, 0.29) is 0 Å². The Labute approximate surface area is 91.7 Å². The maximum Gasteiger partial charge on any atom is 0.223 e. The van der Waals surface area contributed by atoms with Gasteiger partial charge in [-0.1, -0.05) is 13.8 Å². The minimum Gasteiger partial charge on any atom is -0.368 e. The van der Waals surface area contributed by atoms with Crippen LogP contribution in [0.1, 0.15) is 13.8 Å². The van der Waals surface area contributed by atoms with E-state index in [1.165, 1.54) is 0 Å². The lowest BCUT2D eigenvalue weighted by atomic mass is 9.84. The van der Waals surface area contributed by atoms with Crippen LogP contribution in [0.5, 0.6) is 0 Å². The summed E-state index contributed by atoms with van der Waals surface area (Å²) in [7, 11) is 0. The highest BCUT2D eigenvalue weighted by molar-refractivity contribution is 9.10. The topological polar surface area (TPSA) is 55.0 Å². The molecule has 2 N–H and O–H groups in total. The Morgan fingerprint density at radius 3 is 2.57 bits per heavy atom. The lowest BCUT2D eigenvalue weighted by Gasteiger charge is -2.46. The molecule has 4 nitrogen and oxygen atoms in total.